The smallest absolute Gasteiger partial charge is 0.238 e. The van der Waals surface area contributed by atoms with Gasteiger partial charge in [-0.05, 0) is 38.3 Å². The summed E-state index contributed by atoms with van der Waals surface area (Å²) in [7, 11) is 2.01. The first kappa shape index (κ1) is 16.0. The van der Waals surface area contributed by atoms with Crippen molar-refractivity contribution in [1.82, 2.24) is 19.4 Å². The van der Waals surface area contributed by atoms with Crippen LogP contribution in [0.5, 0.6) is 0 Å². The number of hydrogen-bond donors (Lipinski definition) is 1. The Morgan fingerprint density at radius 3 is 2.96 bits per heavy atom. The summed E-state index contributed by atoms with van der Waals surface area (Å²) in [5.41, 5.74) is 0.714. The average Bonchev–Trinajstić information content (AvgIpc) is 3.19. The van der Waals surface area contributed by atoms with Crippen LogP contribution in [0.15, 0.2) is 30.7 Å². The SMILES string of the molecule is Cc1nccn1-c1ccc(NC(=O)CN(C)[C@H]2CCSC2)cn1. The molecule has 1 fully saturated rings. The zero-order valence-corrected chi connectivity index (χ0v) is 14.2. The quantitative estimate of drug-likeness (QED) is 0.907. The highest BCUT2D eigenvalue weighted by Crippen LogP contribution is 2.21. The number of nitrogens with one attached hydrogen (secondary N) is 1. The van der Waals surface area contributed by atoms with Crippen LogP contribution in [0.4, 0.5) is 5.69 Å². The summed E-state index contributed by atoms with van der Waals surface area (Å²) in [5.74, 6) is 3.97. The lowest BCUT2D eigenvalue weighted by Crippen LogP contribution is -2.38. The van der Waals surface area contributed by atoms with Crippen molar-refractivity contribution in [3.8, 4) is 5.82 Å². The number of carbonyl (C=O) groups excluding carboxylic acids is 1. The van der Waals surface area contributed by atoms with E-state index in [0.29, 0.717) is 18.3 Å². The van der Waals surface area contributed by atoms with Crippen molar-refractivity contribution in [2.24, 2.45) is 0 Å². The van der Waals surface area contributed by atoms with Gasteiger partial charge in [0.15, 0.2) is 0 Å². The number of imidazole rings is 1. The second-order valence-electron chi connectivity index (χ2n) is 5.73. The molecule has 122 valence electrons. The van der Waals surface area contributed by atoms with Crippen LogP contribution in [-0.2, 0) is 4.79 Å². The Morgan fingerprint density at radius 1 is 1.48 bits per heavy atom. The highest BCUT2D eigenvalue weighted by molar-refractivity contribution is 7.99. The van der Waals surface area contributed by atoms with Crippen LogP contribution in [0.3, 0.4) is 0 Å². The van der Waals surface area contributed by atoms with Crippen molar-refractivity contribution in [2.75, 3.05) is 30.4 Å². The summed E-state index contributed by atoms with van der Waals surface area (Å²) in [6.45, 7) is 2.34. The van der Waals surface area contributed by atoms with Gasteiger partial charge in [0.2, 0.25) is 5.91 Å². The van der Waals surface area contributed by atoms with Crippen molar-refractivity contribution in [1.29, 1.82) is 0 Å². The number of aromatic nitrogens is 3. The minimum Gasteiger partial charge on any atom is -0.324 e. The Hall–Kier alpha value is -1.86. The van der Waals surface area contributed by atoms with Gasteiger partial charge in [-0.1, -0.05) is 0 Å². The third kappa shape index (κ3) is 3.92. The third-order valence-electron chi connectivity index (χ3n) is 4.03. The van der Waals surface area contributed by atoms with Gasteiger partial charge in [0.1, 0.15) is 11.6 Å². The van der Waals surface area contributed by atoms with Crippen LogP contribution in [0.1, 0.15) is 12.2 Å². The molecule has 0 spiro atoms. The molecular weight excluding hydrogens is 310 g/mol. The van der Waals surface area contributed by atoms with Gasteiger partial charge in [-0.15, -0.1) is 0 Å². The Morgan fingerprint density at radius 2 is 2.35 bits per heavy atom. The first-order chi connectivity index (χ1) is 11.1. The molecule has 0 aromatic carbocycles. The van der Waals surface area contributed by atoms with Crippen molar-refractivity contribution < 1.29 is 4.79 Å². The number of thioether (sulfide) groups is 1. The lowest BCUT2D eigenvalue weighted by atomic mass is 10.2. The largest absolute Gasteiger partial charge is 0.324 e. The topological polar surface area (TPSA) is 63.1 Å². The van der Waals surface area contributed by atoms with Gasteiger partial charge in [0, 0.05) is 24.2 Å². The number of aryl methyl sites for hydroxylation is 1. The first-order valence-corrected chi connectivity index (χ1v) is 8.83. The second kappa shape index (κ2) is 7.14. The lowest BCUT2D eigenvalue weighted by molar-refractivity contribution is -0.117. The molecule has 2 aromatic rings. The van der Waals surface area contributed by atoms with Gasteiger partial charge in [-0.2, -0.15) is 11.8 Å². The van der Waals surface area contributed by atoms with Crippen molar-refractivity contribution in [2.45, 2.75) is 19.4 Å². The Labute approximate surface area is 140 Å². The fraction of sp³-hybridized carbons (Fsp3) is 0.438. The summed E-state index contributed by atoms with van der Waals surface area (Å²) in [5, 5.41) is 2.91. The first-order valence-electron chi connectivity index (χ1n) is 7.67. The number of pyridine rings is 1. The third-order valence-corrected chi connectivity index (χ3v) is 5.17. The minimum atomic E-state index is -0.00207. The lowest BCUT2D eigenvalue weighted by Gasteiger charge is -2.22. The fourth-order valence-corrected chi connectivity index (χ4v) is 3.95. The maximum atomic E-state index is 12.1. The molecule has 1 atom stereocenters. The molecule has 0 saturated carbocycles. The molecule has 7 heteroatoms. The minimum absolute atomic E-state index is 0.00207. The Kier molecular flexibility index (Phi) is 4.97. The van der Waals surface area contributed by atoms with E-state index in [4.69, 9.17) is 0 Å². The summed E-state index contributed by atoms with van der Waals surface area (Å²) < 4.78 is 1.90. The van der Waals surface area contributed by atoms with E-state index in [-0.39, 0.29) is 5.91 Å². The average molecular weight is 331 g/mol. The summed E-state index contributed by atoms with van der Waals surface area (Å²) in [4.78, 5) is 22.8. The van der Waals surface area contributed by atoms with Crippen LogP contribution in [0.2, 0.25) is 0 Å². The summed E-state index contributed by atoms with van der Waals surface area (Å²) in [6, 6.07) is 4.25. The molecule has 2 aromatic heterocycles. The van der Waals surface area contributed by atoms with Gasteiger partial charge >= 0.3 is 0 Å². The predicted octanol–water partition coefficient (Wildman–Crippen LogP) is 1.95. The van der Waals surface area contributed by atoms with Crippen LogP contribution in [0, 0.1) is 6.92 Å². The predicted molar refractivity (Wildman–Crippen MR) is 93.1 cm³/mol. The Balaban J connectivity index is 1.57. The van der Waals surface area contributed by atoms with E-state index in [1.165, 1.54) is 5.75 Å². The van der Waals surface area contributed by atoms with Gasteiger partial charge < -0.3 is 5.32 Å². The number of carbonyl (C=O) groups is 1. The number of anilines is 1. The Bertz CT molecular complexity index is 663. The standard InChI is InChI=1S/C16H21N5OS/c1-12-17-6-7-21(12)15-4-3-13(9-18-15)19-16(22)10-20(2)14-5-8-23-11-14/h3-4,6-7,9,14H,5,8,10-11H2,1-2H3,(H,19,22)/t14-/m0/s1. The van der Waals surface area contributed by atoms with Crippen molar-refractivity contribution >= 4 is 23.4 Å². The van der Waals surface area contributed by atoms with Gasteiger partial charge in [-0.25, -0.2) is 9.97 Å². The van der Waals surface area contributed by atoms with Gasteiger partial charge in [-0.3, -0.25) is 14.3 Å². The van der Waals surface area contributed by atoms with Crippen molar-refractivity contribution in [3.63, 3.8) is 0 Å². The molecule has 3 heterocycles. The normalized spacial score (nSPS) is 17.6. The van der Waals surface area contributed by atoms with E-state index in [1.807, 2.05) is 48.6 Å². The molecule has 0 bridgehead atoms. The van der Waals surface area contributed by atoms with Crippen LogP contribution >= 0.6 is 11.8 Å². The molecule has 0 radical (unpaired) electrons. The molecule has 23 heavy (non-hydrogen) atoms. The van der Waals surface area contributed by atoms with Crippen LogP contribution in [0.25, 0.3) is 5.82 Å². The molecule has 3 rings (SSSR count). The number of amides is 1. The van der Waals surface area contributed by atoms with Gasteiger partial charge in [0.05, 0.1) is 18.4 Å². The second-order valence-corrected chi connectivity index (χ2v) is 6.88. The molecule has 0 unspecified atom stereocenters. The fourth-order valence-electron chi connectivity index (χ4n) is 2.65. The monoisotopic (exact) mass is 331 g/mol. The summed E-state index contributed by atoms with van der Waals surface area (Å²) in [6.07, 6.45) is 6.45. The van der Waals surface area contributed by atoms with Crippen LogP contribution in [-0.4, -0.2) is 56.5 Å². The number of likely N-dealkylation sites (N-methyl/N-ethyl adjacent to an activating group) is 1. The molecule has 1 saturated heterocycles. The highest BCUT2D eigenvalue weighted by atomic mass is 32.2. The molecule has 6 nitrogen and oxygen atoms in total. The zero-order chi connectivity index (χ0) is 16.2. The number of hydrogen-bond acceptors (Lipinski definition) is 5. The summed E-state index contributed by atoms with van der Waals surface area (Å²) >= 11 is 1.95. The maximum absolute atomic E-state index is 12.1. The van der Waals surface area contributed by atoms with E-state index in [9.17, 15) is 4.79 Å². The molecule has 1 aliphatic heterocycles. The van der Waals surface area contributed by atoms with E-state index >= 15 is 0 Å². The van der Waals surface area contributed by atoms with Crippen LogP contribution < -0.4 is 5.32 Å². The zero-order valence-electron chi connectivity index (χ0n) is 13.4. The van der Waals surface area contributed by atoms with E-state index in [2.05, 4.69) is 20.2 Å². The molecule has 0 aliphatic carbocycles. The number of rotatable bonds is 5. The number of nitrogens with zero attached hydrogens (tertiary/aromatic N) is 4. The molecular formula is C16H21N5OS. The highest BCUT2D eigenvalue weighted by Gasteiger charge is 2.21. The maximum Gasteiger partial charge on any atom is 0.238 e. The molecule has 1 aliphatic rings. The van der Waals surface area contributed by atoms with Gasteiger partial charge in [0.25, 0.3) is 0 Å². The van der Waals surface area contributed by atoms with E-state index in [0.717, 1.165) is 23.8 Å². The van der Waals surface area contributed by atoms with E-state index in [1.54, 1.807) is 12.4 Å². The molecule has 1 N–H and O–H groups in total. The van der Waals surface area contributed by atoms with Crippen molar-refractivity contribution in [3.05, 3.63) is 36.5 Å². The van der Waals surface area contributed by atoms with E-state index < -0.39 is 0 Å². The molecule has 1 amide bonds.